The molecule has 0 unspecified atom stereocenters. The average Bonchev–Trinajstić information content (AvgIpc) is 2.80. The van der Waals surface area contributed by atoms with Gasteiger partial charge in [0, 0.05) is 19.7 Å². The van der Waals surface area contributed by atoms with Crippen molar-refractivity contribution in [3.63, 3.8) is 0 Å². The quantitative estimate of drug-likeness (QED) is 0.628. The molecule has 0 amide bonds. The van der Waals surface area contributed by atoms with Crippen molar-refractivity contribution in [2.24, 2.45) is 9.98 Å². The first-order valence-corrected chi connectivity index (χ1v) is 5.94. The van der Waals surface area contributed by atoms with E-state index in [0.29, 0.717) is 0 Å². The number of amidine groups is 1. The summed E-state index contributed by atoms with van der Waals surface area (Å²) in [4.78, 5) is 13.9. The zero-order chi connectivity index (χ0) is 12.3. The molecule has 0 fully saturated rings. The molecule has 0 radical (unpaired) electrons. The molecule has 0 spiro atoms. The van der Waals surface area contributed by atoms with Gasteiger partial charge in [-0.3, -0.25) is 9.89 Å². The Morgan fingerprint density at radius 2 is 2.41 bits per heavy atom. The Morgan fingerprint density at radius 3 is 3.12 bits per heavy atom. The second-order valence-electron chi connectivity index (χ2n) is 4.04. The van der Waals surface area contributed by atoms with E-state index in [4.69, 9.17) is 0 Å². The predicted molar refractivity (Wildman–Crippen MR) is 73.4 cm³/mol. The third kappa shape index (κ3) is 2.16. The summed E-state index contributed by atoms with van der Waals surface area (Å²) in [5.74, 6) is 1.92. The second-order valence-corrected chi connectivity index (χ2v) is 4.04. The van der Waals surface area contributed by atoms with Crippen LogP contribution in [0.3, 0.4) is 0 Å². The first-order valence-electron chi connectivity index (χ1n) is 5.94. The van der Waals surface area contributed by atoms with E-state index in [1.165, 1.54) is 0 Å². The van der Waals surface area contributed by atoms with E-state index in [0.717, 1.165) is 42.3 Å². The number of aromatic nitrogens is 1. The summed E-state index contributed by atoms with van der Waals surface area (Å²) in [6.45, 7) is 6.21. The summed E-state index contributed by atoms with van der Waals surface area (Å²) < 4.78 is 0. The lowest BCUT2D eigenvalue weighted by Gasteiger charge is -2.28. The fourth-order valence-corrected chi connectivity index (χ4v) is 1.95. The van der Waals surface area contributed by atoms with Crippen LogP contribution in [0.25, 0.3) is 0 Å². The number of nitrogens with one attached hydrogen (secondary N) is 1. The van der Waals surface area contributed by atoms with E-state index in [1.807, 2.05) is 19.3 Å². The van der Waals surface area contributed by atoms with Gasteiger partial charge < -0.3 is 4.98 Å². The van der Waals surface area contributed by atoms with Gasteiger partial charge in [-0.05, 0) is 12.5 Å². The predicted octanol–water partition coefficient (Wildman–Crippen LogP) is 3.27. The highest BCUT2D eigenvalue weighted by molar-refractivity contribution is 6.10. The number of aromatic amines is 1. The van der Waals surface area contributed by atoms with Crippen molar-refractivity contribution in [2.45, 2.75) is 26.2 Å². The second kappa shape index (κ2) is 4.99. The molecule has 2 rings (SSSR count). The summed E-state index contributed by atoms with van der Waals surface area (Å²) in [5, 5.41) is 0. The molecule has 1 aromatic rings. The number of hydrogen-bond donors (Lipinski definition) is 1. The highest BCUT2D eigenvalue weighted by Gasteiger charge is 2.22. The number of anilines is 1. The van der Waals surface area contributed by atoms with Crippen LogP contribution in [-0.2, 0) is 0 Å². The normalized spacial score (nSPS) is 15.3. The molecule has 0 aromatic carbocycles. The zero-order valence-electron chi connectivity index (χ0n) is 10.4. The molecule has 4 nitrogen and oxygen atoms in total. The summed E-state index contributed by atoms with van der Waals surface area (Å²) in [5.41, 5.74) is 1.91. The Kier molecular flexibility index (Phi) is 3.42. The SMILES string of the molecule is C=C1C=Nc2[nH]ccc2N1C(CCCC)=NC. The number of nitrogens with zero attached hydrogens (tertiary/aromatic N) is 3. The van der Waals surface area contributed by atoms with Crippen LogP contribution in [0.1, 0.15) is 26.2 Å². The van der Waals surface area contributed by atoms with Crippen molar-refractivity contribution < 1.29 is 0 Å². The molecule has 1 aromatic heterocycles. The smallest absolute Gasteiger partial charge is 0.154 e. The number of aliphatic imine (C=N–C) groups is 2. The van der Waals surface area contributed by atoms with Crippen LogP contribution in [-0.4, -0.2) is 24.1 Å². The summed E-state index contributed by atoms with van der Waals surface area (Å²) >= 11 is 0. The molecule has 17 heavy (non-hydrogen) atoms. The molecule has 90 valence electrons. The number of unbranched alkanes of at least 4 members (excludes halogenated alkanes) is 1. The van der Waals surface area contributed by atoms with Crippen molar-refractivity contribution in [1.29, 1.82) is 0 Å². The van der Waals surface area contributed by atoms with Crippen molar-refractivity contribution in [3.05, 3.63) is 24.5 Å². The van der Waals surface area contributed by atoms with Crippen molar-refractivity contribution in [2.75, 3.05) is 11.9 Å². The lowest BCUT2D eigenvalue weighted by atomic mass is 10.2. The number of hydrogen-bond acceptors (Lipinski definition) is 2. The van der Waals surface area contributed by atoms with Crippen LogP contribution < -0.4 is 4.90 Å². The molecule has 1 aliphatic rings. The Bertz CT molecular complexity index is 468. The Morgan fingerprint density at radius 1 is 1.59 bits per heavy atom. The minimum absolute atomic E-state index is 0.869. The first-order chi connectivity index (χ1) is 8.27. The van der Waals surface area contributed by atoms with Crippen LogP contribution in [0.15, 0.2) is 34.5 Å². The molecule has 4 heteroatoms. The van der Waals surface area contributed by atoms with Gasteiger partial charge in [-0.25, -0.2) is 4.99 Å². The molecule has 0 aliphatic carbocycles. The number of rotatable bonds is 3. The number of allylic oxidation sites excluding steroid dienone is 1. The van der Waals surface area contributed by atoms with Crippen molar-refractivity contribution in [3.8, 4) is 0 Å². The van der Waals surface area contributed by atoms with Crippen LogP contribution in [0, 0.1) is 0 Å². The highest BCUT2D eigenvalue weighted by atomic mass is 15.2. The fraction of sp³-hybridized carbons (Fsp3) is 0.385. The van der Waals surface area contributed by atoms with Crippen molar-refractivity contribution >= 4 is 23.6 Å². The minimum Gasteiger partial charge on any atom is -0.345 e. The molecule has 0 atom stereocenters. The average molecular weight is 230 g/mol. The van der Waals surface area contributed by atoms with E-state index in [1.54, 1.807) is 6.21 Å². The summed E-state index contributed by atoms with van der Waals surface area (Å²) in [6, 6.07) is 2.01. The largest absolute Gasteiger partial charge is 0.345 e. The topological polar surface area (TPSA) is 43.8 Å². The van der Waals surface area contributed by atoms with E-state index in [2.05, 4.69) is 33.4 Å². The third-order valence-corrected chi connectivity index (χ3v) is 2.84. The summed E-state index contributed by atoms with van der Waals surface area (Å²) in [7, 11) is 1.83. The fourth-order valence-electron chi connectivity index (χ4n) is 1.95. The Hall–Kier alpha value is -1.84. The number of H-pyrrole nitrogens is 1. The molecule has 1 N–H and O–H groups in total. The maximum absolute atomic E-state index is 4.38. The summed E-state index contributed by atoms with van der Waals surface area (Å²) in [6.07, 6.45) is 6.92. The molecule has 0 saturated carbocycles. The lowest BCUT2D eigenvalue weighted by molar-refractivity contribution is 0.826. The maximum Gasteiger partial charge on any atom is 0.154 e. The monoisotopic (exact) mass is 230 g/mol. The Balaban J connectivity index is 2.31. The lowest BCUT2D eigenvalue weighted by Crippen LogP contribution is -2.31. The number of fused-ring (bicyclic) bond motifs is 1. The maximum atomic E-state index is 4.38. The molecular weight excluding hydrogens is 212 g/mol. The molecule has 1 aliphatic heterocycles. The first kappa shape index (κ1) is 11.6. The van der Waals surface area contributed by atoms with E-state index < -0.39 is 0 Å². The third-order valence-electron chi connectivity index (χ3n) is 2.84. The van der Waals surface area contributed by atoms with E-state index >= 15 is 0 Å². The van der Waals surface area contributed by atoms with Gasteiger partial charge in [0.25, 0.3) is 0 Å². The molecule has 0 saturated heterocycles. The standard InChI is InChI=1S/C13H18N4/c1-4-5-6-12(14-3)17-10(2)9-16-13-11(17)7-8-15-13/h7-9,15H,2,4-6H2,1,3H3. The molecular formula is C13H18N4. The van der Waals surface area contributed by atoms with Gasteiger partial charge in [0.15, 0.2) is 5.82 Å². The van der Waals surface area contributed by atoms with E-state index in [-0.39, 0.29) is 0 Å². The van der Waals surface area contributed by atoms with Crippen LogP contribution in [0.2, 0.25) is 0 Å². The van der Waals surface area contributed by atoms with Gasteiger partial charge in [0.1, 0.15) is 5.84 Å². The molecule has 2 heterocycles. The van der Waals surface area contributed by atoms with Gasteiger partial charge in [-0.1, -0.05) is 19.9 Å². The van der Waals surface area contributed by atoms with Crippen LogP contribution in [0.4, 0.5) is 11.5 Å². The van der Waals surface area contributed by atoms with Gasteiger partial charge in [-0.15, -0.1) is 0 Å². The Labute approximate surface area is 102 Å². The van der Waals surface area contributed by atoms with E-state index in [9.17, 15) is 0 Å². The van der Waals surface area contributed by atoms with Gasteiger partial charge in [-0.2, -0.15) is 0 Å². The van der Waals surface area contributed by atoms with Gasteiger partial charge in [0.2, 0.25) is 0 Å². The van der Waals surface area contributed by atoms with Crippen LogP contribution in [0.5, 0.6) is 0 Å². The van der Waals surface area contributed by atoms with Gasteiger partial charge in [0.05, 0.1) is 17.6 Å². The van der Waals surface area contributed by atoms with Crippen molar-refractivity contribution in [1.82, 2.24) is 4.98 Å². The van der Waals surface area contributed by atoms with Gasteiger partial charge >= 0.3 is 0 Å². The zero-order valence-corrected chi connectivity index (χ0v) is 10.4. The van der Waals surface area contributed by atoms with Crippen LogP contribution >= 0.6 is 0 Å². The molecule has 0 bridgehead atoms. The minimum atomic E-state index is 0.869. The highest BCUT2D eigenvalue weighted by Crippen LogP contribution is 2.33.